The normalized spacial score (nSPS) is 11.9. The summed E-state index contributed by atoms with van der Waals surface area (Å²) in [5.74, 6) is -0.294. The van der Waals surface area contributed by atoms with Gasteiger partial charge < -0.3 is 0 Å². The summed E-state index contributed by atoms with van der Waals surface area (Å²) < 4.78 is 0. The SMILES string of the molecule is C=Cc1ccccc1-c1cccc(C(C)C(=O)Cl)c1. The molecule has 2 aromatic carbocycles. The van der Waals surface area contributed by atoms with E-state index in [1.54, 1.807) is 0 Å². The molecule has 1 nitrogen and oxygen atoms in total. The van der Waals surface area contributed by atoms with Crippen LogP contribution in [0.15, 0.2) is 55.1 Å². The fourth-order valence-electron chi connectivity index (χ4n) is 2.04. The van der Waals surface area contributed by atoms with Gasteiger partial charge in [0.2, 0.25) is 5.24 Å². The van der Waals surface area contributed by atoms with Crippen molar-refractivity contribution in [1.82, 2.24) is 0 Å². The van der Waals surface area contributed by atoms with Gasteiger partial charge in [0.15, 0.2) is 0 Å². The van der Waals surface area contributed by atoms with Crippen molar-refractivity contribution in [1.29, 1.82) is 0 Å². The van der Waals surface area contributed by atoms with E-state index in [2.05, 4.69) is 6.58 Å². The lowest BCUT2D eigenvalue weighted by atomic mass is 9.94. The Morgan fingerprint density at radius 2 is 1.95 bits per heavy atom. The Morgan fingerprint density at radius 1 is 1.21 bits per heavy atom. The zero-order valence-corrected chi connectivity index (χ0v) is 11.5. The van der Waals surface area contributed by atoms with E-state index in [0.29, 0.717) is 0 Å². The molecule has 0 heterocycles. The van der Waals surface area contributed by atoms with E-state index in [-0.39, 0.29) is 11.2 Å². The summed E-state index contributed by atoms with van der Waals surface area (Å²) in [6.45, 7) is 5.64. The zero-order valence-electron chi connectivity index (χ0n) is 10.8. The molecular weight excluding hydrogens is 256 g/mol. The average molecular weight is 271 g/mol. The third-order valence-corrected chi connectivity index (χ3v) is 3.55. The van der Waals surface area contributed by atoms with Crippen LogP contribution in [0.1, 0.15) is 24.0 Å². The van der Waals surface area contributed by atoms with Crippen molar-refractivity contribution in [2.75, 3.05) is 0 Å². The molecule has 2 rings (SSSR count). The summed E-state index contributed by atoms with van der Waals surface area (Å²) in [4.78, 5) is 11.3. The lowest BCUT2D eigenvalue weighted by molar-refractivity contribution is -0.112. The van der Waals surface area contributed by atoms with Crippen LogP contribution in [-0.2, 0) is 4.79 Å². The van der Waals surface area contributed by atoms with Crippen LogP contribution in [0.2, 0.25) is 0 Å². The Balaban J connectivity index is 2.49. The van der Waals surface area contributed by atoms with E-state index in [9.17, 15) is 4.79 Å². The third kappa shape index (κ3) is 2.94. The Kier molecular flexibility index (Phi) is 4.18. The summed E-state index contributed by atoms with van der Waals surface area (Å²) in [6, 6.07) is 15.9. The fraction of sp³-hybridized carbons (Fsp3) is 0.118. The maximum atomic E-state index is 11.3. The molecule has 0 aliphatic carbocycles. The smallest absolute Gasteiger partial charge is 0.228 e. The van der Waals surface area contributed by atoms with E-state index < -0.39 is 0 Å². The quantitative estimate of drug-likeness (QED) is 0.725. The standard InChI is InChI=1S/C17H15ClO/c1-3-13-7-4-5-10-16(13)15-9-6-8-14(11-15)12(2)17(18)19/h3-12H,1H2,2H3. The van der Waals surface area contributed by atoms with Crippen LogP contribution in [0.25, 0.3) is 17.2 Å². The van der Waals surface area contributed by atoms with Gasteiger partial charge in [-0.3, -0.25) is 4.79 Å². The van der Waals surface area contributed by atoms with E-state index in [1.807, 2.05) is 61.5 Å². The Labute approximate surface area is 118 Å². The summed E-state index contributed by atoms with van der Waals surface area (Å²) in [5, 5.41) is -0.339. The molecule has 0 saturated heterocycles. The second-order valence-corrected chi connectivity index (χ2v) is 4.82. The van der Waals surface area contributed by atoms with Gasteiger partial charge in [-0.2, -0.15) is 0 Å². The highest BCUT2D eigenvalue weighted by molar-refractivity contribution is 6.64. The van der Waals surface area contributed by atoms with E-state index in [0.717, 1.165) is 22.3 Å². The number of hydrogen-bond donors (Lipinski definition) is 0. The maximum absolute atomic E-state index is 11.3. The van der Waals surface area contributed by atoms with E-state index in [4.69, 9.17) is 11.6 Å². The predicted molar refractivity (Wildman–Crippen MR) is 81.2 cm³/mol. The molecule has 2 heteroatoms. The first-order valence-corrected chi connectivity index (χ1v) is 6.52. The molecule has 1 atom stereocenters. The van der Waals surface area contributed by atoms with Crippen LogP contribution in [-0.4, -0.2) is 5.24 Å². The van der Waals surface area contributed by atoms with Crippen LogP contribution in [0.5, 0.6) is 0 Å². The summed E-state index contributed by atoms with van der Waals surface area (Å²) >= 11 is 5.56. The van der Waals surface area contributed by atoms with E-state index in [1.165, 1.54) is 0 Å². The van der Waals surface area contributed by atoms with Crippen molar-refractivity contribution < 1.29 is 4.79 Å². The monoisotopic (exact) mass is 270 g/mol. The van der Waals surface area contributed by atoms with Gasteiger partial charge in [0, 0.05) is 0 Å². The van der Waals surface area contributed by atoms with Crippen molar-refractivity contribution >= 4 is 22.9 Å². The lowest BCUT2D eigenvalue weighted by Gasteiger charge is -2.11. The topological polar surface area (TPSA) is 17.1 Å². The number of halogens is 1. The first kappa shape index (κ1) is 13.6. The Hall–Kier alpha value is -1.86. The first-order chi connectivity index (χ1) is 9.13. The van der Waals surface area contributed by atoms with Gasteiger partial charge in [-0.15, -0.1) is 0 Å². The van der Waals surface area contributed by atoms with Crippen LogP contribution < -0.4 is 0 Å². The highest BCUT2D eigenvalue weighted by atomic mass is 35.5. The molecule has 2 aromatic rings. The van der Waals surface area contributed by atoms with Crippen LogP contribution in [0, 0.1) is 0 Å². The molecule has 0 N–H and O–H groups in total. The van der Waals surface area contributed by atoms with Gasteiger partial charge in [0.1, 0.15) is 0 Å². The molecule has 0 aromatic heterocycles. The van der Waals surface area contributed by atoms with Crippen LogP contribution >= 0.6 is 11.6 Å². The molecule has 0 bridgehead atoms. The van der Waals surface area contributed by atoms with Crippen molar-refractivity contribution in [3.05, 3.63) is 66.2 Å². The highest BCUT2D eigenvalue weighted by Crippen LogP contribution is 2.28. The maximum Gasteiger partial charge on any atom is 0.228 e. The van der Waals surface area contributed by atoms with Crippen LogP contribution in [0.3, 0.4) is 0 Å². The minimum absolute atomic E-state index is 0.294. The largest absolute Gasteiger partial charge is 0.281 e. The molecule has 96 valence electrons. The third-order valence-electron chi connectivity index (χ3n) is 3.22. The summed E-state index contributed by atoms with van der Waals surface area (Å²) in [7, 11) is 0. The zero-order chi connectivity index (χ0) is 13.8. The first-order valence-electron chi connectivity index (χ1n) is 6.14. The number of hydrogen-bond acceptors (Lipinski definition) is 1. The summed E-state index contributed by atoms with van der Waals surface area (Å²) in [5.41, 5.74) is 4.17. The number of benzene rings is 2. The minimum Gasteiger partial charge on any atom is -0.281 e. The number of carbonyl (C=O) groups excluding carboxylic acids is 1. The lowest BCUT2D eigenvalue weighted by Crippen LogP contribution is -2.01. The second kappa shape index (κ2) is 5.85. The van der Waals surface area contributed by atoms with Gasteiger partial charge in [-0.25, -0.2) is 0 Å². The molecule has 19 heavy (non-hydrogen) atoms. The van der Waals surface area contributed by atoms with Crippen molar-refractivity contribution in [3.8, 4) is 11.1 Å². The molecule has 0 aliphatic heterocycles. The highest BCUT2D eigenvalue weighted by Gasteiger charge is 2.13. The van der Waals surface area contributed by atoms with E-state index >= 15 is 0 Å². The van der Waals surface area contributed by atoms with Crippen molar-refractivity contribution in [2.45, 2.75) is 12.8 Å². The van der Waals surface area contributed by atoms with Gasteiger partial charge in [-0.05, 0) is 33.9 Å². The van der Waals surface area contributed by atoms with Crippen molar-refractivity contribution in [2.24, 2.45) is 0 Å². The Morgan fingerprint density at radius 3 is 2.63 bits per heavy atom. The minimum atomic E-state index is -0.339. The average Bonchev–Trinajstić information content (AvgIpc) is 2.46. The van der Waals surface area contributed by atoms with Crippen LogP contribution in [0.4, 0.5) is 0 Å². The molecule has 0 fully saturated rings. The molecular formula is C17H15ClO. The van der Waals surface area contributed by atoms with Gasteiger partial charge in [0.25, 0.3) is 0 Å². The predicted octanol–water partition coefficient (Wildman–Crippen LogP) is 4.87. The van der Waals surface area contributed by atoms with Gasteiger partial charge in [0.05, 0.1) is 5.92 Å². The van der Waals surface area contributed by atoms with Crippen molar-refractivity contribution in [3.63, 3.8) is 0 Å². The summed E-state index contributed by atoms with van der Waals surface area (Å²) in [6.07, 6.45) is 1.83. The molecule has 1 unspecified atom stereocenters. The molecule has 0 spiro atoms. The molecule has 0 aliphatic rings. The molecule has 0 saturated carbocycles. The number of rotatable bonds is 4. The fourth-order valence-corrected chi connectivity index (χ4v) is 2.17. The number of carbonyl (C=O) groups is 1. The van der Waals surface area contributed by atoms with Gasteiger partial charge in [-0.1, -0.05) is 68.1 Å². The molecule has 0 radical (unpaired) electrons. The second-order valence-electron chi connectivity index (χ2n) is 4.44. The van der Waals surface area contributed by atoms with Gasteiger partial charge >= 0.3 is 0 Å². The Bertz CT molecular complexity index is 616. The molecule has 0 amide bonds.